The topological polar surface area (TPSA) is 72.6 Å². The van der Waals surface area contributed by atoms with Gasteiger partial charge in [0.25, 0.3) is 0 Å². The zero-order valence-corrected chi connectivity index (χ0v) is 12.9. The number of carbonyl (C=O) groups is 2. The van der Waals surface area contributed by atoms with Gasteiger partial charge in [-0.1, -0.05) is 34.8 Å². The lowest BCUT2D eigenvalue weighted by atomic mass is 10.1. The van der Waals surface area contributed by atoms with Gasteiger partial charge in [-0.05, 0) is 13.0 Å². The number of rotatable bonds is 2. The van der Waals surface area contributed by atoms with Crippen molar-refractivity contribution in [2.24, 2.45) is 5.73 Å². The molecule has 1 fully saturated rings. The Labute approximate surface area is 129 Å². The lowest BCUT2D eigenvalue weighted by molar-refractivity contribution is -0.150. The van der Waals surface area contributed by atoms with Crippen LogP contribution in [0.25, 0.3) is 0 Å². The van der Waals surface area contributed by atoms with E-state index in [1.54, 1.807) is 6.08 Å². The maximum absolute atomic E-state index is 11.9. The van der Waals surface area contributed by atoms with Gasteiger partial charge in [-0.15, -0.1) is 11.8 Å². The number of nitrogens with two attached hydrogens (primary N) is 1. The number of thioether (sulfide) groups is 1. The van der Waals surface area contributed by atoms with Gasteiger partial charge in [-0.25, -0.2) is 4.79 Å². The molecule has 3 atom stereocenters. The molecule has 19 heavy (non-hydrogen) atoms. The van der Waals surface area contributed by atoms with Crippen LogP contribution in [0.4, 0.5) is 0 Å². The van der Waals surface area contributed by atoms with E-state index in [2.05, 4.69) is 0 Å². The fourth-order valence-electron chi connectivity index (χ4n) is 1.84. The molecule has 0 aliphatic carbocycles. The van der Waals surface area contributed by atoms with E-state index in [1.165, 1.54) is 16.7 Å². The van der Waals surface area contributed by atoms with Crippen molar-refractivity contribution in [3.8, 4) is 0 Å². The number of alkyl halides is 3. The average molecular weight is 346 g/mol. The summed E-state index contributed by atoms with van der Waals surface area (Å²) in [6.07, 6.45) is 1.64. The molecule has 2 aliphatic heterocycles. The summed E-state index contributed by atoms with van der Waals surface area (Å²) >= 11 is 18.0. The number of amides is 1. The molecule has 9 heteroatoms. The molecule has 0 bridgehead atoms. The Balaban J connectivity index is 2.10. The smallest absolute Gasteiger partial charge is 0.354 e. The first-order valence-corrected chi connectivity index (χ1v) is 7.48. The Bertz CT molecular complexity index is 452. The summed E-state index contributed by atoms with van der Waals surface area (Å²) in [7, 11) is 0. The van der Waals surface area contributed by atoms with E-state index in [0.717, 1.165) is 0 Å². The van der Waals surface area contributed by atoms with Gasteiger partial charge in [0.05, 0.1) is 0 Å². The molecule has 2 N–H and O–H groups in total. The number of β-lactam (4-membered cyclic amide) rings is 1. The summed E-state index contributed by atoms with van der Waals surface area (Å²) in [6, 6.07) is -0.586. The minimum Gasteiger partial charge on any atom is -0.456 e. The molecule has 0 radical (unpaired) electrons. The van der Waals surface area contributed by atoms with Crippen molar-refractivity contribution in [2.45, 2.75) is 27.4 Å². The van der Waals surface area contributed by atoms with Crippen LogP contribution in [0.15, 0.2) is 11.8 Å². The lowest BCUT2D eigenvalue weighted by Gasteiger charge is -2.48. The van der Waals surface area contributed by atoms with Gasteiger partial charge in [-0.2, -0.15) is 0 Å². The molecule has 0 aromatic rings. The first-order chi connectivity index (χ1) is 8.70. The number of hydrogen-bond donors (Lipinski definition) is 1. The minimum atomic E-state index is -1.68. The van der Waals surface area contributed by atoms with E-state index in [0.29, 0.717) is 0 Å². The second-order valence-corrected chi connectivity index (χ2v) is 8.22. The number of nitrogens with zero attached hydrogens (tertiary/aromatic N) is 1. The van der Waals surface area contributed by atoms with E-state index >= 15 is 0 Å². The van der Waals surface area contributed by atoms with E-state index < -0.39 is 15.8 Å². The van der Waals surface area contributed by atoms with Crippen molar-refractivity contribution >= 4 is 58.4 Å². The Kier molecular flexibility index (Phi) is 4.28. The van der Waals surface area contributed by atoms with Gasteiger partial charge < -0.3 is 10.5 Å². The van der Waals surface area contributed by atoms with E-state index in [4.69, 9.17) is 45.3 Å². The molecule has 1 saturated heterocycles. The second-order valence-electron chi connectivity index (χ2n) is 4.21. The summed E-state index contributed by atoms with van der Waals surface area (Å²) in [5, 5.41) is -0.182. The summed E-state index contributed by atoms with van der Waals surface area (Å²) in [5.41, 5.74) is 5.85. The largest absolute Gasteiger partial charge is 0.456 e. The van der Waals surface area contributed by atoms with Gasteiger partial charge in [-0.3, -0.25) is 9.69 Å². The van der Waals surface area contributed by atoms with E-state index in [-0.39, 0.29) is 28.8 Å². The van der Waals surface area contributed by atoms with Crippen molar-refractivity contribution in [1.82, 2.24) is 4.90 Å². The number of halogens is 3. The molecule has 5 nitrogen and oxygen atoms in total. The van der Waals surface area contributed by atoms with Gasteiger partial charge in [0.1, 0.15) is 23.7 Å². The maximum Gasteiger partial charge on any atom is 0.354 e. The van der Waals surface area contributed by atoms with Gasteiger partial charge in [0.2, 0.25) is 9.70 Å². The maximum atomic E-state index is 11.9. The zero-order valence-electron chi connectivity index (χ0n) is 9.81. The van der Waals surface area contributed by atoms with Crippen molar-refractivity contribution in [1.29, 1.82) is 0 Å². The quantitative estimate of drug-likeness (QED) is 0.465. The highest BCUT2D eigenvalue weighted by atomic mass is 35.6. The number of hydrogen-bond acceptors (Lipinski definition) is 5. The number of esters is 1. The molecule has 0 saturated carbocycles. The number of carbonyl (C=O) groups excluding carboxylic acids is 2. The van der Waals surface area contributed by atoms with Crippen LogP contribution in [0.5, 0.6) is 0 Å². The molecular weight excluding hydrogens is 335 g/mol. The predicted molar refractivity (Wildman–Crippen MR) is 75.0 cm³/mol. The van der Waals surface area contributed by atoms with E-state index in [9.17, 15) is 9.59 Å². The van der Waals surface area contributed by atoms with Crippen molar-refractivity contribution in [2.75, 3.05) is 6.61 Å². The fraction of sp³-hybridized carbons (Fsp3) is 0.600. The van der Waals surface area contributed by atoms with E-state index in [1.807, 2.05) is 6.92 Å². The molecule has 2 unspecified atom stereocenters. The zero-order chi connectivity index (χ0) is 14.4. The molecule has 0 spiro atoms. The Morgan fingerprint density at radius 2 is 2.21 bits per heavy atom. The lowest BCUT2D eigenvalue weighted by Crippen LogP contribution is -2.68. The summed E-state index contributed by atoms with van der Waals surface area (Å²) in [5.74, 6) is -0.995. The first kappa shape index (κ1) is 15.3. The summed E-state index contributed by atoms with van der Waals surface area (Å²) in [4.78, 5) is 24.9. The van der Waals surface area contributed by atoms with Crippen molar-refractivity contribution < 1.29 is 14.3 Å². The highest BCUT2D eigenvalue weighted by molar-refractivity contribution is 8.00. The van der Waals surface area contributed by atoms with Crippen LogP contribution in [0.3, 0.4) is 0 Å². The Morgan fingerprint density at radius 3 is 2.79 bits per heavy atom. The molecule has 2 rings (SSSR count). The summed E-state index contributed by atoms with van der Waals surface area (Å²) < 4.78 is 3.20. The molecule has 0 aromatic heterocycles. The average Bonchev–Trinajstić information content (AvgIpc) is 2.33. The second kappa shape index (κ2) is 5.33. The third-order valence-corrected chi connectivity index (χ3v) is 4.34. The van der Waals surface area contributed by atoms with Crippen LogP contribution < -0.4 is 5.73 Å². The molecule has 106 valence electrons. The van der Waals surface area contributed by atoms with Crippen LogP contribution in [0.2, 0.25) is 0 Å². The predicted octanol–water partition coefficient (Wildman–Crippen LogP) is 1.41. The van der Waals surface area contributed by atoms with Crippen LogP contribution in [-0.2, 0) is 14.3 Å². The standard InChI is InChI=1S/C10H11Cl3N2O3S/c1-4-2-5(9(17)18-3-10(11,12)13)15-7(16)6(14)8(15)19-4/h2,4,6,8H,3,14H2,1H3/t4?,6?,8-/m0/s1. The third kappa shape index (κ3) is 3.13. The summed E-state index contributed by atoms with van der Waals surface area (Å²) in [6.45, 7) is 1.52. The molecule has 2 heterocycles. The monoisotopic (exact) mass is 344 g/mol. The minimum absolute atomic E-state index is 0.0516. The Morgan fingerprint density at radius 1 is 1.58 bits per heavy atom. The molecular formula is C10H11Cl3N2O3S. The highest BCUT2D eigenvalue weighted by Gasteiger charge is 2.51. The first-order valence-electron chi connectivity index (χ1n) is 5.40. The van der Waals surface area contributed by atoms with Crippen LogP contribution >= 0.6 is 46.6 Å². The fourth-order valence-corrected chi connectivity index (χ4v) is 3.27. The normalized spacial score (nSPS) is 30.4. The molecule has 1 amide bonds. The van der Waals surface area contributed by atoms with Crippen LogP contribution in [0.1, 0.15) is 6.92 Å². The van der Waals surface area contributed by atoms with Crippen LogP contribution in [-0.4, -0.2) is 43.8 Å². The molecule has 0 aromatic carbocycles. The highest BCUT2D eigenvalue weighted by Crippen LogP contribution is 2.40. The Hall–Kier alpha value is -0.140. The van der Waals surface area contributed by atoms with Crippen LogP contribution in [0, 0.1) is 0 Å². The third-order valence-electron chi connectivity index (χ3n) is 2.67. The number of fused-ring (bicyclic) bond motifs is 1. The van der Waals surface area contributed by atoms with Gasteiger partial charge in [0, 0.05) is 5.25 Å². The number of ether oxygens (including phenoxy) is 1. The van der Waals surface area contributed by atoms with Gasteiger partial charge in [0.15, 0.2) is 0 Å². The van der Waals surface area contributed by atoms with Crippen molar-refractivity contribution in [3.63, 3.8) is 0 Å². The SMILES string of the molecule is CC1C=C(C(=O)OCC(Cl)(Cl)Cl)N2C(=O)C(N)[C@@H]2S1. The molecule has 2 aliphatic rings. The van der Waals surface area contributed by atoms with Gasteiger partial charge >= 0.3 is 5.97 Å². The van der Waals surface area contributed by atoms with Crippen molar-refractivity contribution in [3.05, 3.63) is 11.8 Å².